The van der Waals surface area contributed by atoms with E-state index in [2.05, 4.69) is 9.97 Å². The van der Waals surface area contributed by atoms with E-state index in [0.29, 0.717) is 27.8 Å². The largest absolute Gasteiger partial charge is 0.384 e. The van der Waals surface area contributed by atoms with E-state index in [1.807, 2.05) is 30.7 Å². The van der Waals surface area contributed by atoms with Crippen molar-refractivity contribution in [2.24, 2.45) is 12.8 Å². The number of primary amides is 1. The van der Waals surface area contributed by atoms with Gasteiger partial charge in [0.1, 0.15) is 12.1 Å². The molecule has 3 aromatic rings. The molecule has 122 valence electrons. The molecule has 3 rings (SSSR count). The van der Waals surface area contributed by atoms with Crippen molar-refractivity contribution in [3.05, 3.63) is 52.8 Å². The lowest BCUT2D eigenvalue weighted by atomic mass is 10.0. The minimum Gasteiger partial charge on any atom is -0.384 e. The molecule has 0 spiro atoms. The minimum absolute atomic E-state index is 0.353. The molecule has 24 heavy (non-hydrogen) atoms. The van der Waals surface area contributed by atoms with E-state index in [4.69, 9.17) is 23.1 Å². The van der Waals surface area contributed by atoms with Crippen LogP contribution in [0.4, 0.5) is 5.82 Å². The molecule has 0 saturated heterocycles. The Labute approximate surface area is 144 Å². The zero-order chi connectivity index (χ0) is 17.4. The first kappa shape index (κ1) is 16.0. The fourth-order valence-corrected chi connectivity index (χ4v) is 2.99. The highest BCUT2D eigenvalue weighted by Gasteiger charge is 2.21. The molecule has 0 bridgehead atoms. The second kappa shape index (κ2) is 5.98. The van der Waals surface area contributed by atoms with Crippen LogP contribution in [0.2, 0.25) is 5.02 Å². The molecular weight excluding hydrogens is 326 g/mol. The van der Waals surface area contributed by atoms with Crippen LogP contribution in [0, 0.1) is 6.92 Å². The molecule has 6 nitrogen and oxygen atoms in total. The van der Waals surface area contributed by atoms with Crippen molar-refractivity contribution in [2.45, 2.75) is 6.92 Å². The number of benzene rings is 1. The topological polar surface area (TPSA) is 99.8 Å². The SMILES string of the molecule is Cc1cc(Cl)ccc1-c1c(C(N)=O)cc(-c2cc(N)ncn2)n1C. The number of hydrogen-bond acceptors (Lipinski definition) is 4. The first-order valence-electron chi connectivity index (χ1n) is 7.22. The van der Waals surface area contributed by atoms with Crippen LogP contribution in [0.5, 0.6) is 0 Å². The molecule has 2 heterocycles. The third-order valence-corrected chi connectivity index (χ3v) is 4.13. The average Bonchev–Trinajstić information content (AvgIpc) is 2.85. The van der Waals surface area contributed by atoms with Crippen molar-refractivity contribution in [1.82, 2.24) is 14.5 Å². The van der Waals surface area contributed by atoms with Crippen LogP contribution in [0.25, 0.3) is 22.6 Å². The van der Waals surface area contributed by atoms with E-state index in [1.165, 1.54) is 6.33 Å². The number of aryl methyl sites for hydroxylation is 1. The fourth-order valence-electron chi connectivity index (χ4n) is 2.77. The summed E-state index contributed by atoms with van der Waals surface area (Å²) < 4.78 is 1.87. The van der Waals surface area contributed by atoms with Gasteiger partial charge in [-0.15, -0.1) is 0 Å². The molecular formula is C17H16ClN5O. The van der Waals surface area contributed by atoms with Crippen molar-refractivity contribution in [1.29, 1.82) is 0 Å². The van der Waals surface area contributed by atoms with Crippen LogP contribution < -0.4 is 11.5 Å². The Morgan fingerprint density at radius 2 is 1.96 bits per heavy atom. The molecule has 0 saturated carbocycles. The maximum Gasteiger partial charge on any atom is 0.250 e. The van der Waals surface area contributed by atoms with E-state index in [0.717, 1.165) is 16.8 Å². The van der Waals surface area contributed by atoms with Gasteiger partial charge in [-0.3, -0.25) is 4.79 Å². The Bertz CT molecular complexity index is 948. The molecule has 0 unspecified atom stereocenters. The molecule has 7 heteroatoms. The number of nitrogen functional groups attached to an aromatic ring is 1. The van der Waals surface area contributed by atoms with Crippen molar-refractivity contribution in [2.75, 3.05) is 5.73 Å². The normalized spacial score (nSPS) is 10.8. The quantitative estimate of drug-likeness (QED) is 0.765. The molecule has 0 aliphatic rings. The van der Waals surface area contributed by atoms with Gasteiger partial charge in [-0.05, 0) is 30.7 Å². The number of aromatic nitrogens is 3. The molecule has 1 amide bonds. The van der Waals surface area contributed by atoms with Crippen molar-refractivity contribution < 1.29 is 4.79 Å². The van der Waals surface area contributed by atoms with Crippen LogP contribution in [0.3, 0.4) is 0 Å². The van der Waals surface area contributed by atoms with Crippen LogP contribution >= 0.6 is 11.6 Å². The minimum atomic E-state index is -0.511. The fraction of sp³-hybridized carbons (Fsp3) is 0.118. The Balaban J connectivity index is 2.28. The predicted molar refractivity (Wildman–Crippen MR) is 94.6 cm³/mol. The molecule has 1 aromatic carbocycles. The number of carbonyl (C=O) groups is 1. The summed E-state index contributed by atoms with van der Waals surface area (Å²) in [5.41, 5.74) is 15.6. The summed E-state index contributed by atoms with van der Waals surface area (Å²) in [5.74, 6) is -0.158. The second-order valence-corrected chi connectivity index (χ2v) is 5.94. The first-order valence-corrected chi connectivity index (χ1v) is 7.60. The highest BCUT2D eigenvalue weighted by Crippen LogP contribution is 2.34. The number of hydrogen-bond donors (Lipinski definition) is 2. The predicted octanol–water partition coefficient (Wildman–Crippen LogP) is 2.79. The standard InChI is InChI=1S/C17H16ClN5O/c1-9-5-10(18)3-4-11(9)16-12(17(20)24)6-14(23(16)2)13-7-15(19)22-8-21-13/h3-8H,1-2H3,(H2,20,24)(H2,19,21,22). The van der Waals surface area contributed by atoms with Crippen molar-refractivity contribution >= 4 is 23.3 Å². The van der Waals surface area contributed by atoms with E-state index >= 15 is 0 Å². The number of amides is 1. The summed E-state index contributed by atoms with van der Waals surface area (Å²) in [6, 6.07) is 8.87. The van der Waals surface area contributed by atoms with Crippen LogP contribution in [-0.2, 0) is 7.05 Å². The highest BCUT2D eigenvalue weighted by atomic mass is 35.5. The number of halogens is 1. The second-order valence-electron chi connectivity index (χ2n) is 5.50. The molecule has 0 aliphatic carbocycles. The molecule has 4 N–H and O–H groups in total. The van der Waals surface area contributed by atoms with Gasteiger partial charge >= 0.3 is 0 Å². The first-order chi connectivity index (χ1) is 11.4. The van der Waals surface area contributed by atoms with E-state index in [1.54, 1.807) is 18.2 Å². The maximum atomic E-state index is 12.0. The Morgan fingerprint density at radius 1 is 1.21 bits per heavy atom. The number of anilines is 1. The molecule has 0 radical (unpaired) electrons. The molecule has 0 aliphatic heterocycles. The zero-order valence-electron chi connectivity index (χ0n) is 13.2. The monoisotopic (exact) mass is 341 g/mol. The summed E-state index contributed by atoms with van der Waals surface area (Å²) in [6.07, 6.45) is 1.38. The third-order valence-electron chi connectivity index (χ3n) is 3.89. The lowest BCUT2D eigenvalue weighted by molar-refractivity contribution is 0.100. The lowest BCUT2D eigenvalue weighted by Gasteiger charge is -2.11. The third kappa shape index (κ3) is 2.72. The summed E-state index contributed by atoms with van der Waals surface area (Å²) in [4.78, 5) is 20.1. The van der Waals surface area contributed by atoms with Gasteiger partial charge in [0, 0.05) is 23.7 Å². The summed E-state index contributed by atoms with van der Waals surface area (Å²) >= 11 is 6.04. The Kier molecular flexibility index (Phi) is 3.99. The van der Waals surface area contributed by atoms with Gasteiger partial charge in [0.15, 0.2) is 0 Å². The maximum absolute atomic E-state index is 12.0. The Morgan fingerprint density at radius 3 is 2.58 bits per heavy atom. The van der Waals surface area contributed by atoms with Crippen LogP contribution in [0.15, 0.2) is 36.7 Å². The van der Waals surface area contributed by atoms with Gasteiger partial charge < -0.3 is 16.0 Å². The number of rotatable bonds is 3. The van der Waals surface area contributed by atoms with Crippen molar-refractivity contribution in [3.8, 4) is 22.6 Å². The summed E-state index contributed by atoms with van der Waals surface area (Å²) in [7, 11) is 1.85. The number of nitrogens with zero attached hydrogens (tertiary/aromatic N) is 3. The van der Waals surface area contributed by atoms with E-state index < -0.39 is 5.91 Å². The van der Waals surface area contributed by atoms with Gasteiger partial charge in [0.2, 0.25) is 0 Å². The number of nitrogens with two attached hydrogens (primary N) is 2. The van der Waals surface area contributed by atoms with Gasteiger partial charge in [-0.25, -0.2) is 9.97 Å². The molecule has 2 aromatic heterocycles. The lowest BCUT2D eigenvalue weighted by Crippen LogP contribution is -2.12. The number of carbonyl (C=O) groups excluding carboxylic acids is 1. The van der Waals surface area contributed by atoms with Gasteiger partial charge in [-0.1, -0.05) is 17.7 Å². The zero-order valence-corrected chi connectivity index (χ0v) is 14.0. The average molecular weight is 342 g/mol. The molecule has 0 fully saturated rings. The highest BCUT2D eigenvalue weighted by molar-refractivity contribution is 6.30. The van der Waals surface area contributed by atoms with Crippen LogP contribution in [-0.4, -0.2) is 20.4 Å². The van der Waals surface area contributed by atoms with E-state index in [-0.39, 0.29) is 0 Å². The van der Waals surface area contributed by atoms with Crippen LogP contribution in [0.1, 0.15) is 15.9 Å². The summed E-state index contributed by atoms with van der Waals surface area (Å²) in [6.45, 7) is 1.93. The van der Waals surface area contributed by atoms with Crippen molar-refractivity contribution in [3.63, 3.8) is 0 Å². The van der Waals surface area contributed by atoms with E-state index in [9.17, 15) is 4.79 Å². The van der Waals surface area contributed by atoms with Gasteiger partial charge in [-0.2, -0.15) is 0 Å². The Hall–Kier alpha value is -2.86. The van der Waals surface area contributed by atoms with Gasteiger partial charge in [0.25, 0.3) is 5.91 Å². The molecule has 0 atom stereocenters. The van der Waals surface area contributed by atoms with Gasteiger partial charge in [0.05, 0.1) is 22.6 Å². The summed E-state index contributed by atoms with van der Waals surface area (Å²) in [5, 5.41) is 0.634. The smallest absolute Gasteiger partial charge is 0.250 e.